The van der Waals surface area contributed by atoms with Crippen LogP contribution in [-0.4, -0.2) is 34.3 Å². The Bertz CT molecular complexity index is 468. The van der Waals surface area contributed by atoms with Crippen molar-refractivity contribution >= 4 is 23.8 Å². The van der Waals surface area contributed by atoms with Crippen LogP contribution in [0.4, 0.5) is 4.79 Å². The van der Waals surface area contributed by atoms with E-state index >= 15 is 0 Å². The molecule has 1 N–H and O–H groups in total. The number of rotatable bonds is 4. The first kappa shape index (κ1) is 15.4. The molecule has 1 aromatic heterocycles. The molecule has 0 atom stereocenters. The largest absolute Gasteiger partial charge is 0.450 e. The average molecular weight is 283 g/mol. The number of nitrogens with one attached hydrogen (secondary N) is 1. The van der Waals surface area contributed by atoms with Gasteiger partial charge in [-0.3, -0.25) is 10.1 Å². The van der Waals surface area contributed by atoms with Gasteiger partial charge in [-0.05, 0) is 33.3 Å². The molecule has 7 heteroatoms. The third-order valence-electron chi connectivity index (χ3n) is 2.46. The van der Waals surface area contributed by atoms with Crippen LogP contribution in [0.3, 0.4) is 0 Å². The number of alkyl carbamates (subject to hydrolysis) is 1. The first-order chi connectivity index (χ1) is 8.93. The van der Waals surface area contributed by atoms with E-state index in [1.54, 1.807) is 6.92 Å². The van der Waals surface area contributed by atoms with Gasteiger partial charge in [-0.1, -0.05) is 11.8 Å². The molecule has 0 aliphatic rings. The normalized spacial score (nSPS) is 10.1. The summed E-state index contributed by atoms with van der Waals surface area (Å²) in [6.07, 6.45) is -0.731. The summed E-state index contributed by atoms with van der Waals surface area (Å²) in [5.74, 6) is -0.358. The molecule has 0 unspecified atom stereocenters. The molecule has 6 nitrogen and oxygen atoms in total. The fourth-order valence-electron chi connectivity index (χ4n) is 1.25. The molecule has 0 fully saturated rings. The molecule has 0 bridgehead atoms. The van der Waals surface area contributed by atoms with E-state index in [0.717, 1.165) is 17.0 Å². The maximum Gasteiger partial charge on any atom is 0.413 e. The minimum atomic E-state index is -0.731. The molecule has 0 aliphatic heterocycles. The molecule has 2 amide bonds. The fraction of sp³-hybridized carbons (Fsp3) is 0.500. The number of amides is 2. The second kappa shape index (κ2) is 7.08. The van der Waals surface area contributed by atoms with Crippen molar-refractivity contribution in [2.45, 2.75) is 32.9 Å². The Morgan fingerprint density at radius 3 is 2.32 bits per heavy atom. The summed E-state index contributed by atoms with van der Waals surface area (Å²) in [4.78, 5) is 31.0. The zero-order valence-corrected chi connectivity index (χ0v) is 12.3. The van der Waals surface area contributed by atoms with Crippen LogP contribution >= 0.6 is 11.8 Å². The van der Waals surface area contributed by atoms with E-state index in [9.17, 15) is 9.59 Å². The molecule has 0 aliphatic carbocycles. The number of nitrogens with zero attached hydrogens (tertiary/aromatic N) is 2. The lowest BCUT2D eigenvalue weighted by atomic mass is 10.2. The van der Waals surface area contributed by atoms with Crippen molar-refractivity contribution in [2.75, 3.05) is 12.4 Å². The molecule has 19 heavy (non-hydrogen) atoms. The number of aryl methyl sites for hydroxylation is 2. The lowest BCUT2D eigenvalue weighted by Gasteiger charge is -2.07. The van der Waals surface area contributed by atoms with Gasteiger partial charge in [0, 0.05) is 11.4 Å². The van der Waals surface area contributed by atoms with E-state index in [4.69, 9.17) is 0 Å². The van der Waals surface area contributed by atoms with Gasteiger partial charge in [-0.15, -0.1) is 0 Å². The molecule has 0 saturated carbocycles. The maximum atomic E-state index is 11.5. The van der Waals surface area contributed by atoms with Crippen LogP contribution < -0.4 is 5.32 Å². The SMILES string of the molecule is CCOC(=O)NC(=O)CSc1nc(C)c(C)c(C)n1. The third kappa shape index (κ3) is 4.86. The van der Waals surface area contributed by atoms with Crippen LogP contribution in [0.5, 0.6) is 0 Å². The monoisotopic (exact) mass is 283 g/mol. The summed E-state index contributed by atoms with van der Waals surface area (Å²) < 4.78 is 4.61. The Balaban J connectivity index is 2.53. The first-order valence-corrected chi connectivity index (χ1v) is 6.83. The number of carbonyl (C=O) groups is 2. The van der Waals surface area contributed by atoms with Gasteiger partial charge in [0.05, 0.1) is 12.4 Å². The summed E-state index contributed by atoms with van der Waals surface area (Å²) >= 11 is 1.18. The Kier molecular flexibility index (Phi) is 5.75. The third-order valence-corrected chi connectivity index (χ3v) is 3.31. The van der Waals surface area contributed by atoms with Crippen LogP contribution in [0.1, 0.15) is 23.9 Å². The highest BCUT2D eigenvalue weighted by Crippen LogP contribution is 2.16. The molecule has 1 aromatic rings. The predicted molar refractivity (Wildman–Crippen MR) is 72.1 cm³/mol. The van der Waals surface area contributed by atoms with Crippen LogP contribution in [0.25, 0.3) is 0 Å². The molecule has 0 saturated heterocycles. The zero-order chi connectivity index (χ0) is 14.4. The molecular weight excluding hydrogens is 266 g/mol. The summed E-state index contributed by atoms with van der Waals surface area (Å²) in [6, 6.07) is 0. The molecule has 1 rings (SSSR count). The first-order valence-electron chi connectivity index (χ1n) is 5.85. The average Bonchev–Trinajstić information content (AvgIpc) is 2.33. The van der Waals surface area contributed by atoms with Crippen molar-refractivity contribution in [3.63, 3.8) is 0 Å². The molecule has 104 valence electrons. The van der Waals surface area contributed by atoms with Crippen LogP contribution in [0.15, 0.2) is 5.16 Å². The van der Waals surface area contributed by atoms with Crippen molar-refractivity contribution < 1.29 is 14.3 Å². The number of thioether (sulfide) groups is 1. The lowest BCUT2D eigenvalue weighted by Crippen LogP contribution is -2.32. The quantitative estimate of drug-likeness (QED) is 0.670. The van der Waals surface area contributed by atoms with E-state index in [2.05, 4.69) is 20.0 Å². The molecule has 0 radical (unpaired) electrons. The number of hydrogen-bond acceptors (Lipinski definition) is 6. The van der Waals surface area contributed by atoms with Gasteiger partial charge in [0.1, 0.15) is 0 Å². The van der Waals surface area contributed by atoms with Crippen molar-refractivity contribution in [2.24, 2.45) is 0 Å². The minimum absolute atomic E-state index is 0.0702. The number of hydrogen-bond donors (Lipinski definition) is 1. The van der Waals surface area contributed by atoms with Crippen molar-refractivity contribution in [3.05, 3.63) is 17.0 Å². The standard InChI is InChI=1S/C12H17N3O3S/c1-5-18-12(17)15-10(16)6-19-11-13-8(3)7(2)9(4)14-11/h5-6H2,1-4H3,(H,15,16,17). The number of aromatic nitrogens is 2. The lowest BCUT2D eigenvalue weighted by molar-refractivity contribution is -0.117. The Morgan fingerprint density at radius 2 is 1.79 bits per heavy atom. The summed E-state index contributed by atoms with van der Waals surface area (Å²) in [6.45, 7) is 7.64. The minimum Gasteiger partial charge on any atom is -0.450 e. The van der Waals surface area contributed by atoms with Crippen LogP contribution in [0.2, 0.25) is 0 Å². The highest BCUT2D eigenvalue weighted by atomic mass is 32.2. The van der Waals surface area contributed by atoms with Gasteiger partial charge in [0.2, 0.25) is 5.91 Å². The topological polar surface area (TPSA) is 81.2 Å². The Hall–Kier alpha value is -1.63. The number of imide groups is 1. The van der Waals surface area contributed by atoms with E-state index in [1.807, 2.05) is 20.8 Å². The predicted octanol–water partition coefficient (Wildman–Crippen LogP) is 1.77. The Labute approximate surface area is 116 Å². The van der Waals surface area contributed by atoms with Gasteiger partial charge in [0.25, 0.3) is 0 Å². The van der Waals surface area contributed by atoms with Crippen molar-refractivity contribution in [1.29, 1.82) is 0 Å². The number of ether oxygens (including phenoxy) is 1. The number of carbonyl (C=O) groups excluding carboxylic acids is 2. The van der Waals surface area contributed by atoms with E-state index in [-0.39, 0.29) is 12.4 Å². The molecule has 0 aromatic carbocycles. The van der Waals surface area contributed by atoms with Gasteiger partial charge >= 0.3 is 6.09 Å². The summed E-state index contributed by atoms with van der Waals surface area (Å²) in [5, 5.41) is 2.64. The summed E-state index contributed by atoms with van der Waals surface area (Å²) in [7, 11) is 0. The maximum absolute atomic E-state index is 11.5. The van der Waals surface area contributed by atoms with E-state index < -0.39 is 12.0 Å². The smallest absolute Gasteiger partial charge is 0.413 e. The highest BCUT2D eigenvalue weighted by Gasteiger charge is 2.11. The van der Waals surface area contributed by atoms with Crippen molar-refractivity contribution in [3.8, 4) is 0 Å². The second-order valence-electron chi connectivity index (χ2n) is 3.86. The van der Waals surface area contributed by atoms with Gasteiger partial charge < -0.3 is 4.74 Å². The second-order valence-corrected chi connectivity index (χ2v) is 4.80. The van der Waals surface area contributed by atoms with E-state index in [0.29, 0.717) is 5.16 Å². The van der Waals surface area contributed by atoms with Gasteiger partial charge in [0.15, 0.2) is 5.16 Å². The molecular formula is C12H17N3O3S. The van der Waals surface area contributed by atoms with Gasteiger partial charge in [-0.2, -0.15) is 0 Å². The molecule has 1 heterocycles. The summed E-state index contributed by atoms with van der Waals surface area (Å²) in [5.41, 5.74) is 2.82. The van der Waals surface area contributed by atoms with Crippen LogP contribution in [-0.2, 0) is 9.53 Å². The zero-order valence-electron chi connectivity index (χ0n) is 11.4. The van der Waals surface area contributed by atoms with Gasteiger partial charge in [-0.25, -0.2) is 14.8 Å². The Morgan fingerprint density at radius 1 is 1.21 bits per heavy atom. The van der Waals surface area contributed by atoms with E-state index in [1.165, 1.54) is 11.8 Å². The van der Waals surface area contributed by atoms with Crippen LogP contribution in [0, 0.1) is 20.8 Å². The fourth-order valence-corrected chi connectivity index (χ4v) is 1.99. The molecule has 0 spiro atoms. The highest BCUT2D eigenvalue weighted by molar-refractivity contribution is 7.99. The van der Waals surface area contributed by atoms with Crippen molar-refractivity contribution in [1.82, 2.24) is 15.3 Å².